The van der Waals surface area contributed by atoms with Crippen LogP contribution in [0.5, 0.6) is 0 Å². The summed E-state index contributed by atoms with van der Waals surface area (Å²) in [6, 6.07) is 10.6. The fraction of sp³-hybridized carbons (Fsp3) is 0.500. The minimum absolute atomic E-state index is 0.124. The van der Waals surface area contributed by atoms with Gasteiger partial charge >= 0.3 is 0 Å². The first-order valence-electron chi connectivity index (χ1n) is 6.30. The smallest absolute Gasteiger partial charge is 0.234 e. The average molecular weight is 230 g/mol. The molecule has 3 N–H and O–H groups in total. The summed E-state index contributed by atoms with van der Waals surface area (Å²) in [6.07, 6.45) is 3.38. The van der Waals surface area contributed by atoms with E-state index in [2.05, 4.69) is 35.6 Å². The van der Waals surface area contributed by atoms with E-state index in [1.807, 2.05) is 0 Å². The molecule has 1 amide bonds. The van der Waals surface area contributed by atoms with E-state index in [1.165, 1.54) is 18.4 Å². The molecule has 0 bridgehead atoms. The van der Waals surface area contributed by atoms with Gasteiger partial charge in [0.2, 0.25) is 5.91 Å². The van der Waals surface area contributed by atoms with Crippen LogP contribution in [0.25, 0.3) is 0 Å². The predicted molar refractivity (Wildman–Crippen MR) is 66.4 cm³/mol. The monoisotopic (exact) mass is 230 g/mol. The molecular formula is C14H18N2O. The van der Waals surface area contributed by atoms with Crippen molar-refractivity contribution in [1.82, 2.24) is 5.32 Å². The predicted octanol–water partition coefficient (Wildman–Crippen LogP) is 1.18. The van der Waals surface area contributed by atoms with Crippen LogP contribution in [0.4, 0.5) is 0 Å². The molecule has 0 radical (unpaired) electrons. The number of nitrogens with one attached hydrogen (secondary N) is 1. The van der Waals surface area contributed by atoms with Gasteiger partial charge in [0.15, 0.2) is 0 Å². The molecule has 90 valence electrons. The van der Waals surface area contributed by atoms with E-state index in [0.29, 0.717) is 11.3 Å². The van der Waals surface area contributed by atoms with Crippen molar-refractivity contribution in [3.63, 3.8) is 0 Å². The number of nitrogens with two attached hydrogens (primary N) is 1. The molecule has 0 aromatic heterocycles. The van der Waals surface area contributed by atoms with Crippen molar-refractivity contribution in [1.29, 1.82) is 0 Å². The third kappa shape index (κ3) is 1.75. The van der Waals surface area contributed by atoms with Gasteiger partial charge in [0, 0.05) is 0 Å². The quantitative estimate of drug-likeness (QED) is 0.819. The number of benzene rings is 1. The molecule has 1 saturated heterocycles. The summed E-state index contributed by atoms with van der Waals surface area (Å²) < 4.78 is 0. The number of primary amides is 1. The topological polar surface area (TPSA) is 55.1 Å². The van der Waals surface area contributed by atoms with Crippen molar-refractivity contribution < 1.29 is 4.79 Å². The summed E-state index contributed by atoms with van der Waals surface area (Å²) in [4.78, 5) is 11.2. The van der Waals surface area contributed by atoms with Crippen LogP contribution < -0.4 is 11.1 Å². The zero-order chi connectivity index (χ0) is 11.9. The Hall–Kier alpha value is -1.35. The number of carbonyl (C=O) groups excluding carboxylic acids is 1. The molecule has 2 atom stereocenters. The summed E-state index contributed by atoms with van der Waals surface area (Å²) in [6.45, 7) is 0.919. The Labute approximate surface area is 101 Å². The summed E-state index contributed by atoms with van der Waals surface area (Å²) in [5.74, 6) is 0.346. The van der Waals surface area contributed by atoms with Gasteiger partial charge in [-0.15, -0.1) is 0 Å². The number of hydrogen-bond donors (Lipinski definition) is 2. The van der Waals surface area contributed by atoms with Gasteiger partial charge in [0.1, 0.15) is 0 Å². The highest BCUT2D eigenvalue weighted by molar-refractivity contribution is 5.80. The van der Waals surface area contributed by atoms with Gasteiger partial charge in [-0.3, -0.25) is 4.79 Å². The molecule has 2 unspecified atom stereocenters. The second-order valence-electron chi connectivity index (χ2n) is 5.32. The lowest BCUT2D eigenvalue weighted by atomic mass is 9.81. The Morgan fingerprint density at radius 2 is 2.00 bits per heavy atom. The van der Waals surface area contributed by atoms with Crippen molar-refractivity contribution in [3.05, 3.63) is 35.9 Å². The van der Waals surface area contributed by atoms with Gasteiger partial charge in [-0.2, -0.15) is 0 Å². The largest absolute Gasteiger partial charge is 0.368 e. The van der Waals surface area contributed by atoms with E-state index >= 15 is 0 Å². The number of amides is 1. The maximum Gasteiger partial charge on any atom is 0.234 e. The Kier molecular flexibility index (Phi) is 2.44. The fourth-order valence-corrected chi connectivity index (χ4v) is 3.21. The second kappa shape index (κ2) is 3.84. The Morgan fingerprint density at radius 3 is 2.53 bits per heavy atom. The summed E-state index contributed by atoms with van der Waals surface area (Å²) in [5.41, 5.74) is 7.11. The second-order valence-corrected chi connectivity index (χ2v) is 5.32. The van der Waals surface area contributed by atoms with Crippen LogP contribution >= 0.6 is 0 Å². The summed E-state index contributed by atoms with van der Waals surface area (Å²) in [7, 11) is 0. The maximum absolute atomic E-state index is 11.2. The van der Waals surface area contributed by atoms with Crippen molar-refractivity contribution in [2.45, 2.75) is 30.7 Å². The molecular weight excluding hydrogens is 212 g/mol. The number of carbonyl (C=O) groups is 1. The molecule has 2 fully saturated rings. The highest BCUT2D eigenvalue weighted by Crippen LogP contribution is 2.55. The first-order chi connectivity index (χ1) is 8.22. The van der Waals surface area contributed by atoms with Crippen LogP contribution in [0.3, 0.4) is 0 Å². The molecule has 1 aromatic rings. The van der Waals surface area contributed by atoms with Crippen LogP contribution in [-0.2, 0) is 10.2 Å². The lowest BCUT2D eigenvalue weighted by Gasteiger charge is -2.22. The lowest BCUT2D eigenvalue weighted by molar-refractivity contribution is -0.119. The lowest BCUT2D eigenvalue weighted by Crippen LogP contribution is -2.36. The number of hydrogen-bond acceptors (Lipinski definition) is 2. The first kappa shape index (κ1) is 10.8. The summed E-state index contributed by atoms with van der Waals surface area (Å²) >= 11 is 0. The molecule has 1 aromatic carbocycles. The van der Waals surface area contributed by atoms with Crippen LogP contribution in [0.2, 0.25) is 0 Å². The van der Waals surface area contributed by atoms with E-state index in [-0.39, 0.29) is 11.9 Å². The van der Waals surface area contributed by atoms with E-state index in [1.54, 1.807) is 0 Å². The molecule has 1 saturated carbocycles. The van der Waals surface area contributed by atoms with E-state index in [9.17, 15) is 4.79 Å². The zero-order valence-corrected chi connectivity index (χ0v) is 9.86. The SMILES string of the molecule is NC(=O)C1CC(C2(c3ccccc3)CC2)CN1. The molecule has 3 nitrogen and oxygen atoms in total. The maximum atomic E-state index is 11.2. The minimum atomic E-state index is -0.212. The van der Waals surface area contributed by atoms with Crippen molar-refractivity contribution in [2.75, 3.05) is 6.54 Å². The van der Waals surface area contributed by atoms with Crippen LogP contribution in [0.15, 0.2) is 30.3 Å². The van der Waals surface area contributed by atoms with E-state index in [0.717, 1.165) is 13.0 Å². The molecule has 1 aliphatic carbocycles. The molecule has 17 heavy (non-hydrogen) atoms. The Morgan fingerprint density at radius 1 is 1.29 bits per heavy atom. The molecule has 1 heterocycles. The fourth-order valence-electron chi connectivity index (χ4n) is 3.21. The molecule has 3 heteroatoms. The molecule has 2 aliphatic rings. The van der Waals surface area contributed by atoms with Crippen molar-refractivity contribution in [2.24, 2.45) is 11.7 Å². The van der Waals surface area contributed by atoms with E-state index < -0.39 is 0 Å². The van der Waals surface area contributed by atoms with Gasteiger partial charge in [0.25, 0.3) is 0 Å². The van der Waals surface area contributed by atoms with Crippen LogP contribution in [-0.4, -0.2) is 18.5 Å². The van der Waals surface area contributed by atoms with Crippen molar-refractivity contribution in [3.8, 4) is 0 Å². The van der Waals surface area contributed by atoms with Crippen LogP contribution in [0, 0.1) is 5.92 Å². The van der Waals surface area contributed by atoms with Gasteiger partial charge in [-0.05, 0) is 42.7 Å². The van der Waals surface area contributed by atoms with Gasteiger partial charge < -0.3 is 11.1 Å². The zero-order valence-electron chi connectivity index (χ0n) is 9.86. The Bertz CT molecular complexity index is 425. The standard InChI is InChI=1S/C14H18N2O/c15-13(17)12-8-11(9-16-12)14(6-7-14)10-4-2-1-3-5-10/h1-5,11-12,16H,6-9H2,(H2,15,17). The van der Waals surface area contributed by atoms with Gasteiger partial charge in [-0.25, -0.2) is 0 Å². The normalized spacial score (nSPS) is 30.1. The van der Waals surface area contributed by atoms with Crippen LogP contribution in [0.1, 0.15) is 24.8 Å². The Balaban J connectivity index is 1.79. The third-order valence-electron chi connectivity index (χ3n) is 4.39. The third-order valence-corrected chi connectivity index (χ3v) is 4.39. The number of rotatable bonds is 3. The average Bonchev–Trinajstić information content (AvgIpc) is 3.00. The highest BCUT2D eigenvalue weighted by Gasteiger charge is 2.52. The van der Waals surface area contributed by atoms with Gasteiger partial charge in [-0.1, -0.05) is 30.3 Å². The van der Waals surface area contributed by atoms with Crippen molar-refractivity contribution >= 4 is 5.91 Å². The van der Waals surface area contributed by atoms with E-state index in [4.69, 9.17) is 5.73 Å². The molecule has 0 spiro atoms. The van der Waals surface area contributed by atoms with Gasteiger partial charge in [0.05, 0.1) is 6.04 Å². The highest BCUT2D eigenvalue weighted by atomic mass is 16.1. The molecule has 3 rings (SSSR count). The first-order valence-corrected chi connectivity index (χ1v) is 6.30. The molecule has 1 aliphatic heterocycles. The minimum Gasteiger partial charge on any atom is -0.368 e. The summed E-state index contributed by atoms with van der Waals surface area (Å²) in [5, 5.41) is 3.25.